The summed E-state index contributed by atoms with van der Waals surface area (Å²) in [5, 5.41) is 0. The summed E-state index contributed by atoms with van der Waals surface area (Å²) < 4.78 is 30.2. The van der Waals surface area contributed by atoms with Crippen molar-refractivity contribution < 1.29 is 13.2 Å². The maximum absolute atomic E-state index is 12.2. The number of sulfonamides is 1. The summed E-state index contributed by atoms with van der Waals surface area (Å²) in [5.41, 5.74) is 4.29. The molecular formula is C16H17BrN2O3S. The molecule has 0 spiro atoms. The van der Waals surface area contributed by atoms with Crippen molar-refractivity contribution in [2.45, 2.75) is 11.8 Å². The van der Waals surface area contributed by atoms with Gasteiger partial charge in [-0.25, -0.2) is 8.42 Å². The van der Waals surface area contributed by atoms with Gasteiger partial charge in [0.25, 0.3) is 10.0 Å². The van der Waals surface area contributed by atoms with Gasteiger partial charge in [-0.3, -0.25) is 0 Å². The Bertz CT molecular complexity index is 785. The maximum atomic E-state index is 12.2. The van der Waals surface area contributed by atoms with E-state index in [2.05, 4.69) is 26.2 Å². The van der Waals surface area contributed by atoms with E-state index in [0.717, 1.165) is 15.8 Å². The maximum Gasteiger partial charge on any atom is 0.257 e. The molecule has 0 bridgehead atoms. The zero-order valence-corrected chi connectivity index (χ0v) is 15.1. The van der Waals surface area contributed by atoms with Gasteiger partial charge < -0.3 is 10.2 Å². The van der Waals surface area contributed by atoms with Gasteiger partial charge in [0.2, 0.25) is 0 Å². The molecule has 0 saturated carbocycles. The van der Waals surface area contributed by atoms with Gasteiger partial charge in [-0.2, -0.15) is 0 Å². The number of allylic oxidation sites excluding steroid dienone is 1. The lowest BCUT2D eigenvalue weighted by Gasteiger charge is -2.10. The van der Waals surface area contributed by atoms with Crippen molar-refractivity contribution in [1.29, 1.82) is 0 Å². The average Bonchev–Trinajstić information content (AvgIpc) is 2.54. The summed E-state index contributed by atoms with van der Waals surface area (Å²) in [5.74, 6) is 0.767. The van der Waals surface area contributed by atoms with Crippen LogP contribution in [0.3, 0.4) is 0 Å². The minimum absolute atomic E-state index is 0.186. The van der Waals surface area contributed by atoms with Gasteiger partial charge in [-0.05, 0) is 55.0 Å². The fraction of sp³-hybridized carbons (Fsp3) is 0.125. The molecule has 5 nitrogen and oxygen atoms in total. The first-order chi connectivity index (χ1) is 10.9. The van der Waals surface area contributed by atoms with Crippen molar-refractivity contribution in [3.05, 3.63) is 64.3 Å². The molecule has 0 aliphatic rings. The molecule has 23 heavy (non-hydrogen) atoms. The first-order valence-electron chi connectivity index (χ1n) is 6.76. The van der Waals surface area contributed by atoms with Gasteiger partial charge in [-0.15, -0.1) is 4.83 Å². The molecule has 7 heteroatoms. The fourth-order valence-electron chi connectivity index (χ4n) is 1.81. The lowest BCUT2D eigenvalue weighted by Crippen LogP contribution is -2.35. The number of nitrogens with one attached hydrogen (secondary N) is 2. The third-order valence-electron chi connectivity index (χ3n) is 3.01. The number of halogens is 1. The van der Waals surface area contributed by atoms with Crippen molar-refractivity contribution in [2.24, 2.45) is 0 Å². The molecule has 0 aromatic heterocycles. The monoisotopic (exact) mass is 396 g/mol. The van der Waals surface area contributed by atoms with E-state index < -0.39 is 10.0 Å². The van der Waals surface area contributed by atoms with Gasteiger partial charge in [0.05, 0.1) is 12.0 Å². The molecule has 0 amide bonds. The molecule has 0 heterocycles. The molecule has 0 aliphatic heterocycles. The van der Waals surface area contributed by atoms with Crippen molar-refractivity contribution in [3.63, 3.8) is 0 Å². The van der Waals surface area contributed by atoms with Gasteiger partial charge in [-0.1, -0.05) is 28.1 Å². The number of benzene rings is 2. The second-order valence-corrected chi connectivity index (χ2v) is 7.38. The van der Waals surface area contributed by atoms with E-state index in [1.807, 2.05) is 30.3 Å². The second-order valence-electron chi connectivity index (χ2n) is 4.78. The van der Waals surface area contributed by atoms with Gasteiger partial charge in [0.1, 0.15) is 5.75 Å². The molecule has 2 aromatic carbocycles. The third-order valence-corrected chi connectivity index (χ3v) is 4.80. The van der Waals surface area contributed by atoms with Crippen LogP contribution in [0.2, 0.25) is 0 Å². The Labute approximate surface area is 144 Å². The molecule has 0 aliphatic carbocycles. The van der Waals surface area contributed by atoms with E-state index in [4.69, 9.17) is 4.74 Å². The summed E-state index contributed by atoms with van der Waals surface area (Å²) in [6.45, 7) is 1.77. The zero-order chi connectivity index (χ0) is 16.9. The number of rotatable bonds is 6. The molecule has 0 saturated heterocycles. The Hall–Kier alpha value is -1.83. The van der Waals surface area contributed by atoms with Crippen LogP contribution in [0.5, 0.6) is 5.75 Å². The molecule has 2 aromatic rings. The van der Waals surface area contributed by atoms with Gasteiger partial charge in [0.15, 0.2) is 0 Å². The van der Waals surface area contributed by atoms with Crippen molar-refractivity contribution >= 4 is 32.0 Å². The highest BCUT2D eigenvalue weighted by atomic mass is 79.9. The number of hydrogen-bond donors (Lipinski definition) is 2. The van der Waals surface area contributed by atoms with Crippen LogP contribution in [0.15, 0.2) is 63.6 Å². The Morgan fingerprint density at radius 2 is 1.70 bits per heavy atom. The predicted octanol–water partition coefficient (Wildman–Crippen LogP) is 3.30. The van der Waals surface area contributed by atoms with Crippen LogP contribution in [-0.4, -0.2) is 15.5 Å². The van der Waals surface area contributed by atoms with Crippen molar-refractivity contribution in [1.82, 2.24) is 10.3 Å². The summed E-state index contributed by atoms with van der Waals surface area (Å²) in [6, 6.07) is 13.8. The number of methoxy groups -OCH3 is 1. The van der Waals surface area contributed by atoms with Crippen LogP contribution in [0, 0.1) is 0 Å². The van der Waals surface area contributed by atoms with E-state index >= 15 is 0 Å². The lowest BCUT2D eigenvalue weighted by molar-refractivity contribution is 0.415. The van der Waals surface area contributed by atoms with E-state index in [1.54, 1.807) is 26.2 Å². The van der Waals surface area contributed by atoms with E-state index in [-0.39, 0.29) is 4.90 Å². The van der Waals surface area contributed by atoms with Crippen molar-refractivity contribution in [2.75, 3.05) is 7.11 Å². The van der Waals surface area contributed by atoms with Gasteiger partial charge in [0, 0.05) is 10.2 Å². The predicted molar refractivity (Wildman–Crippen MR) is 94.2 cm³/mol. The van der Waals surface area contributed by atoms with Crippen molar-refractivity contribution in [3.8, 4) is 5.75 Å². The summed E-state index contributed by atoms with van der Waals surface area (Å²) in [4.78, 5) is 2.54. The van der Waals surface area contributed by atoms with Crippen LogP contribution in [0.25, 0.3) is 6.08 Å². The first-order valence-corrected chi connectivity index (χ1v) is 9.04. The SMILES string of the molecule is COc1ccc(/C=C(/C)NNS(=O)(=O)c2ccc(Br)cc2)cc1. The molecule has 0 unspecified atom stereocenters. The number of hydrogen-bond acceptors (Lipinski definition) is 4. The Kier molecular flexibility index (Phi) is 5.81. The third kappa shape index (κ3) is 5.09. The van der Waals surface area contributed by atoms with Crippen LogP contribution in [-0.2, 0) is 10.0 Å². The minimum atomic E-state index is -3.62. The zero-order valence-electron chi connectivity index (χ0n) is 12.7. The molecular weight excluding hydrogens is 380 g/mol. The van der Waals surface area contributed by atoms with E-state index in [9.17, 15) is 8.42 Å². The minimum Gasteiger partial charge on any atom is -0.497 e. The second kappa shape index (κ2) is 7.63. The molecule has 2 rings (SSSR count). The smallest absolute Gasteiger partial charge is 0.257 e. The molecule has 0 atom stereocenters. The average molecular weight is 397 g/mol. The summed E-state index contributed by atoms with van der Waals surface area (Å²) >= 11 is 3.27. The lowest BCUT2D eigenvalue weighted by atomic mass is 10.2. The largest absolute Gasteiger partial charge is 0.497 e. The van der Waals surface area contributed by atoms with E-state index in [0.29, 0.717) is 5.70 Å². The summed E-state index contributed by atoms with van der Waals surface area (Å²) in [7, 11) is -2.01. The van der Waals surface area contributed by atoms with E-state index in [1.165, 1.54) is 12.1 Å². The molecule has 0 radical (unpaired) electrons. The molecule has 2 N–H and O–H groups in total. The molecule has 0 fully saturated rings. The topological polar surface area (TPSA) is 67.4 Å². The van der Waals surface area contributed by atoms with Crippen LogP contribution < -0.4 is 15.0 Å². The quantitative estimate of drug-likeness (QED) is 0.735. The highest BCUT2D eigenvalue weighted by Gasteiger charge is 2.12. The Morgan fingerprint density at radius 1 is 1.09 bits per heavy atom. The standard InChI is InChI=1S/C16H17BrN2O3S/c1-12(11-13-3-7-15(22-2)8-4-13)18-19-23(20,21)16-9-5-14(17)6-10-16/h3-11,18-19H,1-2H3/b12-11-. The highest BCUT2D eigenvalue weighted by molar-refractivity contribution is 9.10. The first kappa shape index (κ1) is 17.5. The van der Waals surface area contributed by atoms with Crippen LogP contribution in [0.1, 0.15) is 12.5 Å². The van der Waals surface area contributed by atoms with Crippen LogP contribution in [0.4, 0.5) is 0 Å². The fourth-order valence-corrected chi connectivity index (χ4v) is 2.98. The number of ether oxygens (including phenoxy) is 1. The molecule has 122 valence electrons. The van der Waals surface area contributed by atoms with Crippen LogP contribution >= 0.6 is 15.9 Å². The highest BCUT2D eigenvalue weighted by Crippen LogP contribution is 2.15. The summed E-state index contributed by atoms with van der Waals surface area (Å²) in [6.07, 6.45) is 1.82. The Balaban J connectivity index is 2.03. The van der Waals surface area contributed by atoms with Gasteiger partial charge >= 0.3 is 0 Å². The normalized spacial score (nSPS) is 12.0. The Morgan fingerprint density at radius 3 is 2.26 bits per heavy atom. The number of hydrazine groups is 1.